The van der Waals surface area contributed by atoms with Crippen LogP contribution in [0.5, 0.6) is 0 Å². The maximum atomic E-state index is 6.26. The highest BCUT2D eigenvalue weighted by atomic mass is 79.9. The van der Waals surface area contributed by atoms with Crippen molar-refractivity contribution in [2.24, 2.45) is 0 Å². The molecule has 19 heavy (non-hydrogen) atoms. The molecule has 1 atom stereocenters. The first-order valence-corrected chi connectivity index (χ1v) is 8.12. The lowest BCUT2D eigenvalue weighted by molar-refractivity contribution is 0.776. The van der Waals surface area contributed by atoms with Crippen molar-refractivity contribution in [3.63, 3.8) is 0 Å². The minimum absolute atomic E-state index is 0.268. The monoisotopic (exact) mass is 376 g/mol. The summed E-state index contributed by atoms with van der Waals surface area (Å²) in [6.45, 7) is 0. The molecule has 0 radical (unpaired) electrons. The first-order chi connectivity index (χ1) is 9.13. The van der Waals surface area contributed by atoms with Crippen LogP contribution in [0.4, 0.5) is 0 Å². The molecule has 0 nitrogen and oxygen atoms in total. The quantitative estimate of drug-likeness (QED) is 0.542. The van der Waals surface area contributed by atoms with Gasteiger partial charge in [0.15, 0.2) is 0 Å². The van der Waals surface area contributed by atoms with Gasteiger partial charge in [0.05, 0.1) is 10.0 Å². The van der Waals surface area contributed by atoms with Crippen molar-refractivity contribution in [2.75, 3.05) is 5.33 Å². The first kappa shape index (κ1) is 15.2. The third-order valence-electron chi connectivity index (χ3n) is 3.03. The van der Waals surface area contributed by atoms with Crippen LogP contribution in [0.1, 0.15) is 17.0 Å². The van der Waals surface area contributed by atoms with Gasteiger partial charge in [-0.05, 0) is 35.6 Å². The Morgan fingerprint density at radius 1 is 0.895 bits per heavy atom. The van der Waals surface area contributed by atoms with E-state index in [1.54, 1.807) is 6.07 Å². The third kappa shape index (κ3) is 3.66. The minimum atomic E-state index is 0.268. The number of hydrogen-bond acceptors (Lipinski definition) is 0. The molecule has 0 bridgehead atoms. The zero-order valence-corrected chi connectivity index (χ0v) is 13.9. The molecule has 0 amide bonds. The molecule has 100 valence electrons. The standard InChI is InChI=1S/C15H12BrCl3/c16-9-11(12-5-1-2-6-13(12)17)8-10-4-3-7-14(18)15(10)19/h1-7,11H,8-9H2. The summed E-state index contributed by atoms with van der Waals surface area (Å²) in [7, 11) is 0. The number of hydrogen-bond donors (Lipinski definition) is 0. The van der Waals surface area contributed by atoms with Gasteiger partial charge in [0.25, 0.3) is 0 Å². The molecule has 0 spiro atoms. The van der Waals surface area contributed by atoms with Gasteiger partial charge < -0.3 is 0 Å². The van der Waals surface area contributed by atoms with Gasteiger partial charge in [-0.3, -0.25) is 0 Å². The van der Waals surface area contributed by atoms with Crippen molar-refractivity contribution in [1.29, 1.82) is 0 Å². The van der Waals surface area contributed by atoms with E-state index in [1.165, 1.54) is 0 Å². The summed E-state index contributed by atoms with van der Waals surface area (Å²) in [4.78, 5) is 0. The highest BCUT2D eigenvalue weighted by Crippen LogP contribution is 2.33. The van der Waals surface area contributed by atoms with Gasteiger partial charge in [0.1, 0.15) is 0 Å². The summed E-state index contributed by atoms with van der Waals surface area (Å²) in [6.07, 6.45) is 0.800. The summed E-state index contributed by atoms with van der Waals surface area (Å²) in [6, 6.07) is 13.6. The molecule has 0 saturated heterocycles. The maximum Gasteiger partial charge on any atom is 0.0624 e. The molecule has 0 aliphatic carbocycles. The van der Waals surface area contributed by atoms with E-state index in [9.17, 15) is 0 Å². The topological polar surface area (TPSA) is 0 Å². The minimum Gasteiger partial charge on any atom is -0.0921 e. The van der Waals surface area contributed by atoms with E-state index in [2.05, 4.69) is 15.9 Å². The van der Waals surface area contributed by atoms with Crippen LogP contribution in [0.25, 0.3) is 0 Å². The van der Waals surface area contributed by atoms with Crippen molar-refractivity contribution in [3.8, 4) is 0 Å². The van der Waals surface area contributed by atoms with Crippen LogP contribution in [0.3, 0.4) is 0 Å². The van der Waals surface area contributed by atoms with Gasteiger partial charge in [-0.15, -0.1) is 0 Å². The fourth-order valence-electron chi connectivity index (χ4n) is 2.03. The molecule has 0 aliphatic heterocycles. The van der Waals surface area contributed by atoms with Crippen LogP contribution in [0.2, 0.25) is 15.1 Å². The third-order valence-corrected chi connectivity index (χ3v) is 5.01. The first-order valence-electron chi connectivity index (χ1n) is 5.86. The van der Waals surface area contributed by atoms with Crippen LogP contribution in [-0.4, -0.2) is 5.33 Å². The van der Waals surface area contributed by atoms with E-state index in [1.807, 2.05) is 36.4 Å². The zero-order valence-electron chi connectivity index (χ0n) is 10.0. The second-order valence-corrected chi connectivity index (χ2v) is 6.13. The predicted molar refractivity (Wildman–Crippen MR) is 88.2 cm³/mol. The van der Waals surface area contributed by atoms with Gasteiger partial charge in [0, 0.05) is 10.4 Å². The Hall–Kier alpha value is -0.210. The van der Waals surface area contributed by atoms with E-state index in [0.29, 0.717) is 10.0 Å². The lowest BCUT2D eigenvalue weighted by Gasteiger charge is -2.17. The molecule has 0 fully saturated rings. The molecular formula is C15H12BrCl3. The highest BCUT2D eigenvalue weighted by molar-refractivity contribution is 9.09. The SMILES string of the molecule is Clc1ccccc1C(CBr)Cc1cccc(Cl)c1Cl. The largest absolute Gasteiger partial charge is 0.0921 e. The Balaban J connectivity index is 2.30. The van der Waals surface area contributed by atoms with Gasteiger partial charge in [-0.2, -0.15) is 0 Å². The van der Waals surface area contributed by atoms with Crippen molar-refractivity contribution >= 4 is 50.7 Å². The summed E-state index contributed by atoms with van der Waals surface area (Å²) in [5.74, 6) is 0.268. The molecule has 2 rings (SSSR count). The summed E-state index contributed by atoms with van der Waals surface area (Å²) >= 11 is 22.1. The highest BCUT2D eigenvalue weighted by Gasteiger charge is 2.16. The van der Waals surface area contributed by atoms with E-state index in [0.717, 1.165) is 27.9 Å². The van der Waals surface area contributed by atoms with Crippen LogP contribution in [0, 0.1) is 0 Å². The second-order valence-electron chi connectivity index (χ2n) is 4.29. The molecule has 4 heteroatoms. The average molecular weight is 379 g/mol. The second kappa shape index (κ2) is 6.99. The number of halogens is 4. The number of rotatable bonds is 4. The molecule has 2 aromatic rings. The van der Waals surface area contributed by atoms with Crippen LogP contribution < -0.4 is 0 Å². The molecule has 0 aromatic heterocycles. The Labute approximate surface area is 136 Å². The lowest BCUT2D eigenvalue weighted by atomic mass is 9.93. The summed E-state index contributed by atoms with van der Waals surface area (Å²) in [5.41, 5.74) is 2.16. The van der Waals surface area contributed by atoms with Crippen LogP contribution in [-0.2, 0) is 6.42 Å². The van der Waals surface area contributed by atoms with Crippen LogP contribution >= 0.6 is 50.7 Å². The molecule has 0 heterocycles. The Kier molecular flexibility index (Phi) is 5.58. The van der Waals surface area contributed by atoms with Gasteiger partial charge >= 0.3 is 0 Å². The van der Waals surface area contributed by atoms with Crippen molar-refractivity contribution in [3.05, 3.63) is 68.7 Å². The van der Waals surface area contributed by atoms with E-state index in [-0.39, 0.29) is 5.92 Å². The number of benzene rings is 2. The van der Waals surface area contributed by atoms with Crippen LogP contribution in [0.15, 0.2) is 42.5 Å². The fraction of sp³-hybridized carbons (Fsp3) is 0.200. The van der Waals surface area contributed by atoms with Crippen molar-refractivity contribution < 1.29 is 0 Å². The normalized spacial score (nSPS) is 12.4. The molecule has 0 N–H and O–H groups in total. The zero-order chi connectivity index (χ0) is 13.8. The van der Waals surface area contributed by atoms with Crippen molar-refractivity contribution in [1.82, 2.24) is 0 Å². The predicted octanol–water partition coefficient (Wildman–Crippen LogP) is 6.37. The summed E-state index contributed by atoms with van der Waals surface area (Å²) in [5, 5.41) is 2.82. The van der Waals surface area contributed by atoms with E-state index in [4.69, 9.17) is 34.8 Å². The van der Waals surface area contributed by atoms with E-state index >= 15 is 0 Å². The smallest absolute Gasteiger partial charge is 0.0624 e. The fourth-order valence-corrected chi connectivity index (χ4v) is 3.29. The molecule has 1 unspecified atom stereocenters. The van der Waals surface area contributed by atoms with Gasteiger partial charge in [0.2, 0.25) is 0 Å². The van der Waals surface area contributed by atoms with Gasteiger partial charge in [-0.1, -0.05) is 81.1 Å². The Bertz CT molecular complexity index is 569. The Morgan fingerprint density at radius 2 is 1.58 bits per heavy atom. The Morgan fingerprint density at radius 3 is 2.26 bits per heavy atom. The molecule has 2 aromatic carbocycles. The van der Waals surface area contributed by atoms with Crippen molar-refractivity contribution in [2.45, 2.75) is 12.3 Å². The maximum absolute atomic E-state index is 6.26. The molecule has 0 saturated carbocycles. The molecular weight excluding hydrogens is 366 g/mol. The average Bonchev–Trinajstić information content (AvgIpc) is 2.41. The molecule has 0 aliphatic rings. The number of alkyl halides is 1. The summed E-state index contributed by atoms with van der Waals surface area (Å²) < 4.78 is 0. The van der Waals surface area contributed by atoms with E-state index < -0.39 is 0 Å². The van der Waals surface area contributed by atoms with Gasteiger partial charge in [-0.25, -0.2) is 0 Å². The lowest BCUT2D eigenvalue weighted by Crippen LogP contribution is -2.05.